The van der Waals surface area contributed by atoms with Crippen molar-refractivity contribution in [1.82, 2.24) is 14.7 Å². The predicted octanol–water partition coefficient (Wildman–Crippen LogP) is 4.69. The molecular formula is C27H37N3O2. The molecule has 0 aliphatic carbocycles. The Bertz CT molecular complexity index is 854. The Labute approximate surface area is 193 Å². The summed E-state index contributed by atoms with van der Waals surface area (Å²) in [7, 11) is 0. The fourth-order valence-electron chi connectivity index (χ4n) is 4.46. The Kier molecular flexibility index (Phi) is 8.86. The van der Waals surface area contributed by atoms with Gasteiger partial charge in [-0.15, -0.1) is 0 Å². The molecule has 1 fully saturated rings. The predicted molar refractivity (Wildman–Crippen MR) is 130 cm³/mol. The number of amides is 2. The molecule has 172 valence electrons. The molecule has 0 unspecified atom stereocenters. The number of likely N-dealkylation sites (tertiary alicyclic amines) is 1. The zero-order chi connectivity index (χ0) is 22.9. The number of carbonyl (C=O) groups excluding carboxylic acids is 2. The number of benzene rings is 2. The minimum atomic E-state index is 0.0845. The second-order valence-corrected chi connectivity index (χ2v) is 8.55. The summed E-state index contributed by atoms with van der Waals surface area (Å²) in [6.07, 6.45) is 2.57. The zero-order valence-electron chi connectivity index (χ0n) is 19.8. The maximum atomic E-state index is 13.4. The number of hydrogen-bond acceptors (Lipinski definition) is 3. The van der Waals surface area contributed by atoms with Crippen LogP contribution < -0.4 is 0 Å². The van der Waals surface area contributed by atoms with E-state index < -0.39 is 0 Å². The first-order chi connectivity index (χ1) is 15.6. The summed E-state index contributed by atoms with van der Waals surface area (Å²) in [5.74, 6) is 0.190. The SMILES string of the molecule is CCCN(C(=O)c1ccc(CN(CC)CC)cc1)C1CCN(C(=O)c2ccccc2)CC1. The van der Waals surface area contributed by atoms with Crippen molar-refractivity contribution < 1.29 is 9.59 Å². The lowest BCUT2D eigenvalue weighted by molar-refractivity contribution is 0.0519. The van der Waals surface area contributed by atoms with Gasteiger partial charge in [0, 0.05) is 43.3 Å². The number of carbonyl (C=O) groups is 2. The van der Waals surface area contributed by atoms with Crippen molar-refractivity contribution in [3.05, 3.63) is 71.3 Å². The summed E-state index contributed by atoms with van der Waals surface area (Å²) in [5.41, 5.74) is 2.72. The van der Waals surface area contributed by atoms with Crippen LogP contribution in [0.25, 0.3) is 0 Å². The first-order valence-electron chi connectivity index (χ1n) is 12.0. The minimum absolute atomic E-state index is 0.0845. The summed E-state index contributed by atoms with van der Waals surface area (Å²) < 4.78 is 0. The largest absolute Gasteiger partial charge is 0.338 e. The molecule has 5 nitrogen and oxygen atoms in total. The summed E-state index contributed by atoms with van der Waals surface area (Å²) in [4.78, 5) is 32.4. The molecule has 0 radical (unpaired) electrons. The van der Waals surface area contributed by atoms with Gasteiger partial charge in [-0.2, -0.15) is 0 Å². The molecule has 1 heterocycles. The van der Waals surface area contributed by atoms with Gasteiger partial charge in [0.25, 0.3) is 11.8 Å². The lowest BCUT2D eigenvalue weighted by Crippen LogP contribution is -2.49. The maximum Gasteiger partial charge on any atom is 0.254 e. The second kappa shape index (κ2) is 11.8. The van der Waals surface area contributed by atoms with E-state index in [0.29, 0.717) is 13.1 Å². The third kappa shape index (κ3) is 5.98. The van der Waals surface area contributed by atoms with Crippen LogP contribution in [0.4, 0.5) is 0 Å². The normalized spacial score (nSPS) is 14.6. The molecule has 1 aliphatic heterocycles. The van der Waals surface area contributed by atoms with Gasteiger partial charge in [-0.25, -0.2) is 0 Å². The highest BCUT2D eigenvalue weighted by Crippen LogP contribution is 2.21. The molecule has 0 spiro atoms. The van der Waals surface area contributed by atoms with Crippen molar-refractivity contribution in [2.24, 2.45) is 0 Å². The van der Waals surface area contributed by atoms with Crippen molar-refractivity contribution >= 4 is 11.8 Å². The molecule has 2 amide bonds. The highest BCUT2D eigenvalue weighted by molar-refractivity contribution is 5.95. The Hall–Kier alpha value is -2.66. The van der Waals surface area contributed by atoms with E-state index in [-0.39, 0.29) is 17.9 Å². The van der Waals surface area contributed by atoms with Crippen molar-refractivity contribution in [3.63, 3.8) is 0 Å². The van der Waals surface area contributed by atoms with Crippen LogP contribution in [0, 0.1) is 0 Å². The fraction of sp³-hybridized carbons (Fsp3) is 0.481. The van der Waals surface area contributed by atoms with Gasteiger partial charge in [-0.3, -0.25) is 14.5 Å². The summed E-state index contributed by atoms with van der Waals surface area (Å²) in [6.45, 7) is 11.5. The van der Waals surface area contributed by atoms with Crippen molar-refractivity contribution in [3.8, 4) is 0 Å². The van der Waals surface area contributed by atoms with Gasteiger partial charge in [0.2, 0.25) is 0 Å². The van der Waals surface area contributed by atoms with Gasteiger partial charge in [0.05, 0.1) is 0 Å². The Balaban J connectivity index is 1.62. The number of nitrogens with zero attached hydrogens (tertiary/aromatic N) is 3. The van der Waals surface area contributed by atoms with E-state index in [1.807, 2.05) is 52.3 Å². The van der Waals surface area contributed by atoms with E-state index >= 15 is 0 Å². The van der Waals surface area contributed by atoms with Crippen LogP contribution in [0.15, 0.2) is 54.6 Å². The summed E-state index contributed by atoms with van der Waals surface area (Å²) in [6, 6.07) is 17.7. The summed E-state index contributed by atoms with van der Waals surface area (Å²) in [5, 5.41) is 0. The highest BCUT2D eigenvalue weighted by atomic mass is 16.2. The van der Waals surface area contributed by atoms with Gasteiger partial charge >= 0.3 is 0 Å². The average Bonchev–Trinajstić information content (AvgIpc) is 2.86. The molecule has 5 heteroatoms. The molecule has 0 atom stereocenters. The number of rotatable bonds is 9. The Morgan fingerprint density at radius 3 is 2.06 bits per heavy atom. The van der Waals surface area contributed by atoms with Crippen LogP contribution in [-0.4, -0.2) is 65.3 Å². The molecule has 0 saturated carbocycles. The first kappa shape index (κ1) is 24.0. The summed E-state index contributed by atoms with van der Waals surface area (Å²) >= 11 is 0. The first-order valence-corrected chi connectivity index (χ1v) is 12.0. The molecule has 32 heavy (non-hydrogen) atoms. The highest BCUT2D eigenvalue weighted by Gasteiger charge is 2.30. The lowest BCUT2D eigenvalue weighted by Gasteiger charge is -2.38. The van der Waals surface area contributed by atoms with Crippen molar-refractivity contribution in [2.75, 3.05) is 32.7 Å². The molecule has 1 aliphatic rings. The lowest BCUT2D eigenvalue weighted by atomic mass is 10.00. The van der Waals surface area contributed by atoms with Crippen LogP contribution in [-0.2, 0) is 6.54 Å². The average molecular weight is 436 g/mol. The maximum absolute atomic E-state index is 13.4. The molecule has 0 N–H and O–H groups in total. The van der Waals surface area contributed by atoms with E-state index in [2.05, 4.69) is 37.8 Å². The zero-order valence-corrected chi connectivity index (χ0v) is 19.8. The molecule has 0 bridgehead atoms. The van der Waals surface area contributed by atoms with Crippen LogP contribution >= 0.6 is 0 Å². The fourth-order valence-corrected chi connectivity index (χ4v) is 4.46. The molecule has 1 saturated heterocycles. The van der Waals surface area contributed by atoms with Crippen LogP contribution in [0.5, 0.6) is 0 Å². The Morgan fingerprint density at radius 1 is 0.875 bits per heavy atom. The smallest absolute Gasteiger partial charge is 0.254 e. The second-order valence-electron chi connectivity index (χ2n) is 8.55. The quantitative estimate of drug-likeness (QED) is 0.574. The van der Waals surface area contributed by atoms with E-state index in [4.69, 9.17) is 0 Å². The monoisotopic (exact) mass is 435 g/mol. The van der Waals surface area contributed by atoms with Crippen LogP contribution in [0.1, 0.15) is 66.3 Å². The van der Waals surface area contributed by atoms with Gasteiger partial charge in [-0.1, -0.05) is 51.1 Å². The minimum Gasteiger partial charge on any atom is -0.338 e. The van der Waals surface area contributed by atoms with Crippen LogP contribution in [0.2, 0.25) is 0 Å². The van der Waals surface area contributed by atoms with Gasteiger partial charge < -0.3 is 9.80 Å². The van der Waals surface area contributed by atoms with E-state index in [1.54, 1.807) is 0 Å². The van der Waals surface area contributed by atoms with Gasteiger partial charge in [0.15, 0.2) is 0 Å². The number of piperidine rings is 1. The van der Waals surface area contributed by atoms with Gasteiger partial charge in [-0.05, 0) is 62.2 Å². The number of hydrogen-bond donors (Lipinski definition) is 0. The third-order valence-corrected chi connectivity index (χ3v) is 6.44. The molecule has 0 aromatic heterocycles. The van der Waals surface area contributed by atoms with Crippen molar-refractivity contribution in [2.45, 2.75) is 52.6 Å². The standard InChI is InChI=1S/C27H37N3O2/c1-4-18-30(27(32)24-14-12-22(13-15-24)21-28(5-2)6-3)25-16-19-29(20-17-25)26(31)23-10-8-7-9-11-23/h7-15,25H,4-6,16-21H2,1-3H3. The van der Waals surface area contributed by atoms with E-state index in [1.165, 1.54) is 5.56 Å². The van der Waals surface area contributed by atoms with Gasteiger partial charge in [0.1, 0.15) is 0 Å². The third-order valence-electron chi connectivity index (χ3n) is 6.44. The van der Waals surface area contributed by atoms with Crippen molar-refractivity contribution in [1.29, 1.82) is 0 Å². The topological polar surface area (TPSA) is 43.9 Å². The van der Waals surface area contributed by atoms with E-state index in [9.17, 15) is 9.59 Å². The molecular weight excluding hydrogens is 398 g/mol. The molecule has 2 aromatic carbocycles. The Morgan fingerprint density at radius 2 is 1.50 bits per heavy atom. The van der Waals surface area contributed by atoms with Crippen LogP contribution in [0.3, 0.4) is 0 Å². The van der Waals surface area contributed by atoms with E-state index in [0.717, 1.165) is 56.6 Å². The molecule has 3 rings (SSSR count). The molecule has 2 aromatic rings.